The van der Waals surface area contributed by atoms with Crippen LogP contribution in [0.25, 0.3) is 0 Å². The summed E-state index contributed by atoms with van der Waals surface area (Å²) in [6.45, 7) is 2.74. The lowest BCUT2D eigenvalue weighted by atomic mass is 10.1. The Bertz CT molecular complexity index is 484. The maximum Gasteiger partial charge on any atom is 0.255 e. The van der Waals surface area contributed by atoms with E-state index in [4.69, 9.17) is 11.6 Å². The predicted molar refractivity (Wildman–Crippen MR) is 87.0 cm³/mol. The van der Waals surface area contributed by atoms with E-state index in [0.29, 0.717) is 22.4 Å². The molecule has 0 bridgehead atoms. The number of rotatable bonds is 4. The van der Waals surface area contributed by atoms with Crippen LogP contribution in [0.3, 0.4) is 0 Å². The summed E-state index contributed by atoms with van der Waals surface area (Å²) in [6.07, 6.45) is 8.78. The van der Waals surface area contributed by atoms with Gasteiger partial charge in [0.15, 0.2) is 0 Å². The third kappa shape index (κ3) is 4.10. The van der Waals surface area contributed by atoms with Gasteiger partial charge in [0.25, 0.3) is 5.91 Å². The molecule has 1 fully saturated rings. The molecule has 5 heteroatoms. The van der Waals surface area contributed by atoms with Gasteiger partial charge in [0.2, 0.25) is 0 Å². The fourth-order valence-corrected chi connectivity index (χ4v) is 3.10. The number of carbonyl (C=O) groups is 1. The second-order valence-corrected chi connectivity index (χ2v) is 6.05. The number of amides is 1. The van der Waals surface area contributed by atoms with Gasteiger partial charge >= 0.3 is 0 Å². The minimum absolute atomic E-state index is 0.0133. The highest BCUT2D eigenvalue weighted by molar-refractivity contribution is 6.33. The number of nitrogens with zero attached hydrogens (tertiary/aromatic N) is 2. The minimum Gasteiger partial charge on any atom is -0.369 e. The van der Waals surface area contributed by atoms with E-state index in [1.807, 2.05) is 18.9 Å². The van der Waals surface area contributed by atoms with Crippen molar-refractivity contribution in [3.8, 4) is 0 Å². The van der Waals surface area contributed by atoms with Crippen LogP contribution in [0.2, 0.25) is 5.02 Å². The highest BCUT2D eigenvalue weighted by Crippen LogP contribution is 2.24. The number of hydrogen-bond acceptors (Lipinski definition) is 3. The second-order valence-electron chi connectivity index (χ2n) is 5.65. The lowest BCUT2D eigenvalue weighted by Gasteiger charge is -2.27. The van der Waals surface area contributed by atoms with Crippen LogP contribution in [0, 0.1) is 0 Å². The molecule has 0 atom stereocenters. The van der Waals surface area contributed by atoms with Crippen LogP contribution in [0.5, 0.6) is 0 Å². The first-order valence-corrected chi connectivity index (χ1v) is 8.18. The number of pyridine rings is 1. The summed E-state index contributed by atoms with van der Waals surface area (Å²) in [7, 11) is 1.89. The Kier molecular flexibility index (Phi) is 5.85. The van der Waals surface area contributed by atoms with Gasteiger partial charge in [-0.25, -0.2) is 4.98 Å². The summed E-state index contributed by atoms with van der Waals surface area (Å²) in [6, 6.07) is 2.05. The number of carbonyl (C=O) groups excluding carboxylic acids is 1. The average molecular weight is 310 g/mol. The van der Waals surface area contributed by atoms with Gasteiger partial charge in [-0.2, -0.15) is 0 Å². The molecule has 0 aliphatic heterocycles. The SMILES string of the molecule is CCNc1ncc(C(=O)N(C)C2CCCCCC2)cc1Cl. The van der Waals surface area contributed by atoms with E-state index in [2.05, 4.69) is 10.3 Å². The van der Waals surface area contributed by atoms with Gasteiger partial charge in [0.05, 0.1) is 10.6 Å². The summed E-state index contributed by atoms with van der Waals surface area (Å²) >= 11 is 6.17. The molecule has 1 saturated carbocycles. The topological polar surface area (TPSA) is 45.2 Å². The highest BCUT2D eigenvalue weighted by atomic mass is 35.5. The molecule has 4 nitrogen and oxygen atoms in total. The quantitative estimate of drug-likeness (QED) is 0.856. The van der Waals surface area contributed by atoms with Crippen molar-refractivity contribution in [2.75, 3.05) is 18.9 Å². The van der Waals surface area contributed by atoms with Gasteiger partial charge in [-0.05, 0) is 25.8 Å². The van der Waals surface area contributed by atoms with Crippen LogP contribution in [-0.4, -0.2) is 35.4 Å². The zero-order valence-corrected chi connectivity index (χ0v) is 13.6. The van der Waals surface area contributed by atoms with Gasteiger partial charge in [-0.1, -0.05) is 37.3 Å². The molecule has 0 radical (unpaired) electrons. The van der Waals surface area contributed by atoms with Crippen molar-refractivity contribution in [1.82, 2.24) is 9.88 Å². The molecular weight excluding hydrogens is 286 g/mol. The van der Waals surface area contributed by atoms with E-state index >= 15 is 0 Å². The summed E-state index contributed by atoms with van der Waals surface area (Å²) in [5.41, 5.74) is 0.563. The normalized spacial score (nSPS) is 16.3. The van der Waals surface area contributed by atoms with Gasteiger partial charge in [-0.15, -0.1) is 0 Å². The maximum atomic E-state index is 12.6. The van der Waals surface area contributed by atoms with Crippen molar-refractivity contribution < 1.29 is 4.79 Å². The summed E-state index contributed by atoms with van der Waals surface area (Å²) < 4.78 is 0. The van der Waals surface area contributed by atoms with Crippen molar-refractivity contribution >= 4 is 23.3 Å². The van der Waals surface area contributed by atoms with E-state index in [1.165, 1.54) is 25.7 Å². The molecule has 1 heterocycles. The third-order valence-corrected chi connectivity index (χ3v) is 4.41. The first kappa shape index (κ1) is 16.1. The first-order chi connectivity index (χ1) is 10.1. The van der Waals surface area contributed by atoms with Crippen LogP contribution in [-0.2, 0) is 0 Å². The standard InChI is InChI=1S/C16H24ClN3O/c1-3-18-15-14(17)10-12(11-19-15)16(21)20(2)13-8-6-4-5-7-9-13/h10-11,13H,3-9H2,1-2H3,(H,18,19). The zero-order valence-electron chi connectivity index (χ0n) is 12.9. The molecule has 0 saturated heterocycles. The van der Waals surface area contributed by atoms with Gasteiger partial charge in [0, 0.05) is 25.8 Å². The molecule has 2 rings (SSSR count). The Morgan fingerprint density at radius 2 is 2.05 bits per heavy atom. The Morgan fingerprint density at radius 1 is 1.38 bits per heavy atom. The fraction of sp³-hybridized carbons (Fsp3) is 0.625. The molecule has 1 aromatic rings. The van der Waals surface area contributed by atoms with E-state index in [0.717, 1.165) is 19.4 Å². The first-order valence-electron chi connectivity index (χ1n) is 7.80. The van der Waals surface area contributed by atoms with Crippen molar-refractivity contribution in [3.63, 3.8) is 0 Å². The smallest absolute Gasteiger partial charge is 0.255 e. The van der Waals surface area contributed by atoms with Gasteiger partial charge in [-0.3, -0.25) is 4.79 Å². The molecule has 0 unspecified atom stereocenters. The predicted octanol–water partition coefficient (Wildman–Crippen LogP) is 3.96. The Hall–Kier alpha value is -1.29. The molecular formula is C16H24ClN3O. The Morgan fingerprint density at radius 3 is 2.62 bits per heavy atom. The minimum atomic E-state index is 0.0133. The van der Waals surface area contributed by atoms with Gasteiger partial charge < -0.3 is 10.2 Å². The molecule has 116 valence electrons. The Labute approximate surface area is 131 Å². The number of hydrogen-bond donors (Lipinski definition) is 1. The molecule has 0 spiro atoms. The third-order valence-electron chi connectivity index (χ3n) is 4.13. The molecule has 1 amide bonds. The maximum absolute atomic E-state index is 12.6. The van der Waals surface area contributed by atoms with Crippen molar-refractivity contribution in [2.24, 2.45) is 0 Å². The van der Waals surface area contributed by atoms with Crippen LogP contribution >= 0.6 is 11.6 Å². The van der Waals surface area contributed by atoms with E-state index in [9.17, 15) is 4.79 Å². The molecule has 21 heavy (non-hydrogen) atoms. The van der Waals surface area contributed by atoms with Gasteiger partial charge in [0.1, 0.15) is 5.82 Å². The van der Waals surface area contributed by atoms with Crippen molar-refractivity contribution in [1.29, 1.82) is 0 Å². The highest BCUT2D eigenvalue weighted by Gasteiger charge is 2.22. The molecule has 1 N–H and O–H groups in total. The van der Waals surface area contributed by atoms with Crippen LogP contribution in [0.15, 0.2) is 12.3 Å². The lowest BCUT2D eigenvalue weighted by molar-refractivity contribution is 0.0717. The van der Waals surface area contributed by atoms with E-state index in [-0.39, 0.29) is 5.91 Å². The number of nitrogens with one attached hydrogen (secondary N) is 1. The number of halogens is 1. The average Bonchev–Trinajstić information content (AvgIpc) is 2.77. The molecule has 0 aromatic carbocycles. The monoisotopic (exact) mass is 309 g/mol. The molecule has 1 aliphatic rings. The van der Waals surface area contributed by atoms with Crippen LogP contribution < -0.4 is 5.32 Å². The van der Waals surface area contributed by atoms with Crippen LogP contribution in [0.4, 0.5) is 5.82 Å². The number of anilines is 1. The van der Waals surface area contributed by atoms with Crippen molar-refractivity contribution in [3.05, 3.63) is 22.8 Å². The largest absolute Gasteiger partial charge is 0.369 e. The summed E-state index contributed by atoms with van der Waals surface area (Å²) in [5.74, 6) is 0.646. The van der Waals surface area contributed by atoms with E-state index < -0.39 is 0 Å². The van der Waals surface area contributed by atoms with Crippen LogP contribution in [0.1, 0.15) is 55.8 Å². The lowest BCUT2D eigenvalue weighted by Crippen LogP contribution is -2.36. The molecule has 1 aromatic heterocycles. The molecule has 1 aliphatic carbocycles. The summed E-state index contributed by atoms with van der Waals surface area (Å²) in [5, 5.41) is 3.57. The summed E-state index contributed by atoms with van der Waals surface area (Å²) in [4.78, 5) is 18.7. The fourth-order valence-electron chi connectivity index (χ4n) is 2.87. The van der Waals surface area contributed by atoms with Crippen molar-refractivity contribution in [2.45, 2.75) is 51.5 Å². The Balaban J connectivity index is 2.09. The zero-order chi connectivity index (χ0) is 15.2. The van der Waals surface area contributed by atoms with E-state index in [1.54, 1.807) is 12.3 Å². The number of aromatic nitrogens is 1. The second kappa shape index (κ2) is 7.64.